The summed E-state index contributed by atoms with van der Waals surface area (Å²) in [5.74, 6) is -5.55. The molecule has 1 amide bonds. The third-order valence-electron chi connectivity index (χ3n) is 3.64. The number of likely N-dealkylation sites (N-methyl/N-ethyl adjacent to an activating group) is 1. The van der Waals surface area contributed by atoms with Crippen LogP contribution in [0.4, 0.5) is 18.9 Å². The van der Waals surface area contributed by atoms with Crippen molar-refractivity contribution in [3.05, 3.63) is 59.4 Å². The third-order valence-corrected chi connectivity index (χ3v) is 5.58. The minimum absolute atomic E-state index is 0.0100. The van der Waals surface area contributed by atoms with E-state index in [4.69, 9.17) is 0 Å². The monoisotopic (exact) mass is 386 g/mol. The maximum Gasteiger partial charge on any atom is 0.243 e. The summed E-state index contributed by atoms with van der Waals surface area (Å²) in [5.41, 5.74) is 0.302. The lowest BCUT2D eigenvalue weighted by molar-refractivity contribution is -0.116. The number of amides is 1. The van der Waals surface area contributed by atoms with Crippen molar-refractivity contribution in [2.75, 3.05) is 18.4 Å². The van der Waals surface area contributed by atoms with Gasteiger partial charge in [-0.15, -0.1) is 0 Å². The number of aryl methyl sites for hydroxylation is 1. The van der Waals surface area contributed by atoms with Crippen molar-refractivity contribution in [1.82, 2.24) is 4.31 Å². The highest BCUT2D eigenvalue weighted by Crippen LogP contribution is 2.20. The molecule has 1 N–H and O–H groups in total. The van der Waals surface area contributed by atoms with E-state index in [0.29, 0.717) is 6.07 Å². The number of carbonyl (C=O) groups excluding carboxylic acids is 1. The number of carbonyl (C=O) groups is 1. The molecule has 0 aliphatic rings. The Bertz CT molecular complexity index is 916. The van der Waals surface area contributed by atoms with Gasteiger partial charge in [-0.3, -0.25) is 4.79 Å². The molecule has 0 bridgehead atoms. The normalized spacial score (nSPS) is 11.6. The van der Waals surface area contributed by atoms with Crippen molar-refractivity contribution in [2.45, 2.75) is 18.7 Å². The average molecular weight is 386 g/mol. The molecule has 2 aromatic rings. The minimum Gasteiger partial charge on any atom is -0.322 e. The zero-order chi connectivity index (χ0) is 19.5. The van der Waals surface area contributed by atoms with Gasteiger partial charge in [0.25, 0.3) is 0 Å². The van der Waals surface area contributed by atoms with Crippen molar-refractivity contribution in [2.24, 2.45) is 0 Å². The van der Waals surface area contributed by atoms with Gasteiger partial charge < -0.3 is 5.32 Å². The first-order chi connectivity index (χ1) is 12.2. The molecule has 2 aromatic carbocycles. The molecule has 0 aromatic heterocycles. The van der Waals surface area contributed by atoms with Gasteiger partial charge >= 0.3 is 0 Å². The molecule has 0 aliphatic carbocycles. The molecule has 140 valence electrons. The maximum absolute atomic E-state index is 13.6. The Morgan fingerprint density at radius 3 is 2.23 bits per heavy atom. The highest BCUT2D eigenvalue weighted by Gasteiger charge is 2.26. The molecular weight excluding hydrogens is 369 g/mol. The predicted molar refractivity (Wildman–Crippen MR) is 90.6 cm³/mol. The quantitative estimate of drug-likeness (QED) is 0.776. The van der Waals surface area contributed by atoms with Crippen LogP contribution in [0.15, 0.2) is 41.3 Å². The largest absolute Gasteiger partial charge is 0.322 e. The van der Waals surface area contributed by atoms with E-state index in [2.05, 4.69) is 0 Å². The second kappa shape index (κ2) is 7.88. The fraction of sp³-hybridized carbons (Fsp3) is 0.235. The van der Waals surface area contributed by atoms with Crippen LogP contribution in [-0.2, 0) is 14.8 Å². The van der Waals surface area contributed by atoms with Crippen LogP contribution in [0.25, 0.3) is 0 Å². The number of hydrogen-bond donors (Lipinski definition) is 1. The summed E-state index contributed by atoms with van der Waals surface area (Å²) in [6.07, 6.45) is 0. The standard InChI is InChI=1S/C17H17F3N2O3S/c1-3-22(26(24,25)12-6-4-11(2)5-7-12)10-15(23)21-14-9-8-13(18)16(19)17(14)20/h4-9H,3,10H2,1-2H3,(H,21,23). The van der Waals surface area contributed by atoms with Gasteiger partial charge in [0.2, 0.25) is 15.9 Å². The van der Waals surface area contributed by atoms with Gasteiger partial charge in [-0.2, -0.15) is 4.31 Å². The van der Waals surface area contributed by atoms with Crippen molar-refractivity contribution in [3.63, 3.8) is 0 Å². The van der Waals surface area contributed by atoms with Gasteiger partial charge in [-0.05, 0) is 31.2 Å². The third kappa shape index (κ3) is 4.23. The number of rotatable bonds is 6. The zero-order valence-corrected chi connectivity index (χ0v) is 14.9. The number of benzene rings is 2. The fourth-order valence-electron chi connectivity index (χ4n) is 2.20. The molecule has 5 nitrogen and oxygen atoms in total. The number of hydrogen-bond acceptors (Lipinski definition) is 3. The van der Waals surface area contributed by atoms with Crippen molar-refractivity contribution in [1.29, 1.82) is 0 Å². The number of sulfonamides is 1. The topological polar surface area (TPSA) is 66.5 Å². The van der Waals surface area contributed by atoms with Gasteiger partial charge in [0.15, 0.2) is 17.5 Å². The number of nitrogens with one attached hydrogen (secondary N) is 1. The van der Waals surface area contributed by atoms with Gasteiger partial charge in [-0.25, -0.2) is 21.6 Å². The summed E-state index contributed by atoms with van der Waals surface area (Å²) in [6, 6.07) is 7.60. The molecule has 0 aliphatic heterocycles. The molecule has 0 spiro atoms. The SMILES string of the molecule is CCN(CC(=O)Nc1ccc(F)c(F)c1F)S(=O)(=O)c1ccc(C)cc1. The summed E-state index contributed by atoms with van der Waals surface area (Å²) >= 11 is 0. The minimum atomic E-state index is -3.94. The molecule has 0 atom stereocenters. The summed E-state index contributed by atoms with van der Waals surface area (Å²) in [4.78, 5) is 12.1. The lowest BCUT2D eigenvalue weighted by Gasteiger charge is -2.20. The van der Waals surface area contributed by atoms with E-state index in [1.165, 1.54) is 19.1 Å². The molecule has 26 heavy (non-hydrogen) atoms. The summed E-state index contributed by atoms with van der Waals surface area (Å²) in [5, 5.41) is 2.05. The van der Waals surface area contributed by atoms with Gasteiger partial charge in [0.1, 0.15) is 0 Å². The van der Waals surface area contributed by atoms with Crippen LogP contribution in [0.1, 0.15) is 12.5 Å². The van der Waals surface area contributed by atoms with Crippen LogP contribution in [0.5, 0.6) is 0 Å². The van der Waals surface area contributed by atoms with E-state index in [1.807, 2.05) is 5.32 Å². The summed E-state index contributed by atoms with van der Waals surface area (Å²) in [7, 11) is -3.94. The van der Waals surface area contributed by atoms with Crippen molar-refractivity contribution < 1.29 is 26.4 Å². The first kappa shape index (κ1) is 19.9. The van der Waals surface area contributed by atoms with Crippen LogP contribution in [0.3, 0.4) is 0 Å². The smallest absolute Gasteiger partial charge is 0.243 e. The average Bonchev–Trinajstić information content (AvgIpc) is 2.60. The zero-order valence-electron chi connectivity index (χ0n) is 14.1. The molecule has 0 unspecified atom stereocenters. The van der Waals surface area contributed by atoms with Gasteiger partial charge in [0, 0.05) is 6.54 Å². The van der Waals surface area contributed by atoms with E-state index in [1.54, 1.807) is 19.1 Å². The molecule has 0 fully saturated rings. The van der Waals surface area contributed by atoms with Crippen LogP contribution in [0, 0.1) is 24.4 Å². The highest BCUT2D eigenvalue weighted by atomic mass is 32.2. The number of anilines is 1. The first-order valence-electron chi connectivity index (χ1n) is 7.67. The van der Waals surface area contributed by atoms with Crippen molar-refractivity contribution >= 4 is 21.6 Å². The van der Waals surface area contributed by atoms with Crippen LogP contribution in [-0.4, -0.2) is 31.7 Å². The Kier molecular flexibility index (Phi) is 6.04. The number of halogens is 3. The van der Waals surface area contributed by atoms with Crippen LogP contribution >= 0.6 is 0 Å². The molecule has 0 saturated heterocycles. The number of nitrogens with zero attached hydrogens (tertiary/aromatic N) is 1. The Morgan fingerprint density at radius 2 is 1.65 bits per heavy atom. The van der Waals surface area contributed by atoms with Crippen LogP contribution in [0.2, 0.25) is 0 Å². The maximum atomic E-state index is 13.6. The van der Waals surface area contributed by atoms with Crippen molar-refractivity contribution in [3.8, 4) is 0 Å². The second-order valence-corrected chi connectivity index (χ2v) is 7.45. The molecular formula is C17H17F3N2O3S. The Morgan fingerprint density at radius 1 is 1.04 bits per heavy atom. The molecule has 2 rings (SSSR count). The predicted octanol–water partition coefficient (Wildman–Crippen LogP) is 3.06. The molecule has 0 radical (unpaired) electrons. The van der Waals surface area contributed by atoms with E-state index >= 15 is 0 Å². The Labute approximate surface area is 149 Å². The second-order valence-electron chi connectivity index (χ2n) is 5.52. The fourth-order valence-corrected chi connectivity index (χ4v) is 3.60. The van der Waals surface area contributed by atoms with E-state index in [-0.39, 0.29) is 11.4 Å². The molecule has 0 heterocycles. The van der Waals surface area contributed by atoms with E-state index in [0.717, 1.165) is 15.9 Å². The molecule has 0 saturated carbocycles. The van der Waals surface area contributed by atoms with Crippen LogP contribution < -0.4 is 5.32 Å². The molecule has 9 heteroatoms. The van der Waals surface area contributed by atoms with E-state index in [9.17, 15) is 26.4 Å². The Balaban J connectivity index is 2.18. The first-order valence-corrected chi connectivity index (χ1v) is 9.11. The lowest BCUT2D eigenvalue weighted by atomic mass is 10.2. The highest BCUT2D eigenvalue weighted by molar-refractivity contribution is 7.89. The lowest BCUT2D eigenvalue weighted by Crippen LogP contribution is -2.38. The van der Waals surface area contributed by atoms with Gasteiger partial charge in [0.05, 0.1) is 17.1 Å². The Hall–Kier alpha value is -2.39. The van der Waals surface area contributed by atoms with E-state index < -0.39 is 45.6 Å². The summed E-state index contributed by atoms with van der Waals surface area (Å²) < 4.78 is 65.8. The summed E-state index contributed by atoms with van der Waals surface area (Å²) in [6.45, 7) is 2.73. The van der Waals surface area contributed by atoms with Gasteiger partial charge in [-0.1, -0.05) is 24.6 Å².